The van der Waals surface area contributed by atoms with Crippen LogP contribution in [0.4, 0.5) is 11.4 Å². The number of thiocarbonyl (C=S) groups is 1. The van der Waals surface area contributed by atoms with Gasteiger partial charge in [-0.05, 0) is 67.5 Å². The van der Waals surface area contributed by atoms with Gasteiger partial charge in [0.1, 0.15) is 5.75 Å². The molecule has 0 heterocycles. The van der Waals surface area contributed by atoms with E-state index < -0.39 is 0 Å². The predicted octanol–water partition coefficient (Wildman–Crippen LogP) is 4.77. The van der Waals surface area contributed by atoms with Crippen LogP contribution in [-0.4, -0.2) is 12.2 Å². The Morgan fingerprint density at radius 1 is 1.00 bits per heavy atom. The molecule has 0 atom stereocenters. The maximum Gasteiger partial charge on any atom is 0.175 e. The van der Waals surface area contributed by atoms with Crippen molar-refractivity contribution in [1.29, 1.82) is 0 Å². The molecule has 0 spiro atoms. The van der Waals surface area contributed by atoms with E-state index in [-0.39, 0.29) is 0 Å². The smallest absolute Gasteiger partial charge is 0.175 e. The Morgan fingerprint density at radius 2 is 1.71 bits per heavy atom. The van der Waals surface area contributed by atoms with Gasteiger partial charge in [-0.1, -0.05) is 17.7 Å². The zero-order valence-electron chi connectivity index (χ0n) is 12.2. The van der Waals surface area contributed by atoms with Crippen LogP contribution >= 0.6 is 23.8 Å². The highest BCUT2D eigenvalue weighted by molar-refractivity contribution is 7.80. The maximum absolute atomic E-state index is 6.00. The molecule has 2 rings (SSSR count). The molecule has 2 aromatic rings. The number of rotatable bonds is 3. The summed E-state index contributed by atoms with van der Waals surface area (Å²) in [6, 6.07) is 11.4. The summed E-state index contributed by atoms with van der Waals surface area (Å²) in [7, 11) is 1.65. The Balaban J connectivity index is 2.10. The van der Waals surface area contributed by atoms with Crippen molar-refractivity contribution < 1.29 is 4.74 Å². The summed E-state index contributed by atoms with van der Waals surface area (Å²) in [5, 5.41) is 7.53. The van der Waals surface area contributed by atoms with Crippen LogP contribution < -0.4 is 15.4 Å². The highest BCUT2D eigenvalue weighted by atomic mass is 35.5. The van der Waals surface area contributed by atoms with E-state index in [2.05, 4.69) is 10.6 Å². The molecule has 0 aromatic heterocycles. The first kappa shape index (κ1) is 15.6. The highest BCUT2D eigenvalue weighted by Crippen LogP contribution is 2.23. The molecule has 2 aromatic carbocycles. The zero-order valence-corrected chi connectivity index (χ0v) is 13.7. The number of hydrogen-bond acceptors (Lipinski definition) is 2. The van der Waals surface area contributed by atoms with E-state index >= 15 is 0 Å². The quantitative estimate of drug-likeness (QED) is 0.798. The van der Waals surface area contributed by atoms with Gasteiger partial charge in [-0.15, -0.1) is 0 Å². The van der Waals surface area contributed by atoms with Crippen molar-refractivity contribution in [1.82, 2.24) is 0 Å². The number of aryl methyl sites for hydroxylation is 2. The van der Waals surface area contributed by atoms with Crippen molar-refractivity contribution in [2.75, 3.05) is 17.7 Å². The molecule has 2 N–H and O–H groups in total. The van der Waals surface area contributed by atoms with E-state index in [1.54, 1.807) is 7.11 Å². The van der Waals surface area contributed by atoms with Crippen molar-refractivity contribution in [2.45, 2.75) is 13.8 Å². The summed E-state index contributed by atoms with van der Waals surface area (Å²) in [6.45, 7) is 4.00. The largest absolute Gasteiger partial charge is 0.497 e. The molecule has 3 nitrogen and oxygen atoms in total. The maximum atomic E-state index is 6.00. The molecular formula is C16H17ClN2OS. The molecule has 0 saturated carbocycles. The Labute approximate surface area is 135 Å². The lowest BCUT2D eigenvalue weighted by atomic mass is 10.2. The molecule has 0 saturated heterocycles. The minimum atomic E-state index is 0.522. The number of methoxy groups -OCH3 is 1. The minimum Gasteiger partial charge on any atom is -0.497 e. The highest BCUT2D eigenvalue weighted by Gasteiger charge is 2.05. The molecule has 0 unspecified atom stereocenters. The second-order valence-electron chi connectivity index (χ2n) is 4.72. The molecule has 0 bridgehead atoms. The number of anilines is 2. The van der Waals surface area contributed by atoms with Gasteiger partial charge in [0.15, 0.2) is 5.11 Å². The molecule has 0 radical (unpaired) electrons. The Kier molecular flexibility index (Phi) is 5.04. The van der Waals surface area contributed by atoms with Gasteiger partial charge < -0.3 is 15.4 Å². The molecule has 0 fully saturated rings. The number of benzene rings is 2. The second-order valence-corrected chi connectivity index (χ2v) is 5.56. The van der Waals surface area contributed by atoms with Crippen LogP contribution in [0.5, 0.6) is 5.75 Å². The lowest BCUT2D eigenvalue weighted by Gasteiger charge is -2.15. The molecule has 110 valence electrons. The standard InChI is InChI=1S/C16H17ClN2OS/c1-10-4-5-12(17)9-15(10)19-16(21)18-14-7-6-13(20-3)8-11(14)2/h4-9H,1-3H3,(H2,18,19,21). The third-order valence-corrected chi connectivity index (χ3v) is 3.57. The van der Waals surface area contributed by atoms with Crippen molar-refractivity contribution in [3.63, 3.8) is 0 Å². The Bertz CT molecular complexity index is 673. The van der Waals surface area contributed by atoms with Gasteiger partial charge in [-0.2, -0.15) is 0 Å². The molecule has 0 aliphatic heterocycles. The number of ether oxygens (including phenoxy) is 1. The number of halogens is 1. The first-order valence-electron chi connectivity index (χ1n) is 6.48. The van der Waals surface area contributed by atoms with Gasteiger partial charge >= 0.3 is 0 Å². The van der Waals surface area contributed by atoms with Crippen LogP contribution in [0.25, 0.3) is 0 Å². The Morgan fingerprint density at radius 3 is 2.38 bits per heavy atom. The SMILES string of the molecule is COc1ccc(NC(=S)Nc2cc(Cl)ccc2C)c(C)c1. The second kappa shape index (κ2) is 6.78. The van der Waals surface area contributed by atoms with E-state index in [0.717, 1.165) is 28.3 Å². The zero-order chi connectivity index (χ0) is 15.4. The fourth-order valence-corrected chi connectivity index (χ4v) is 2.30. The summed E-state index contributed by atoms with van der Waals surface area (Å²) in [4.78, 5) is 0. The number of nitrogens with one attached hydrogen (secondary N) is 2. The molecule has 0 aliphatic rings. The Hall–Kier alpha value is -1.78. The van der Waals surface area contributed by atoms with Gasteiger partial charge in [0, 0.05) is 16.4 Å². The summed E-state index contributed by atoms with van der Waals surface area (Å²) in [6.07, 6.45) is 0. The fraction of sp³-hybridized carbons (Fsp3) is 0.188. The van der Waals surface area contributed by atoms with Crippen molar-refractivity contribution in [3.05, 3.63) is 52.5 Å². The van der Waals surface area contributed by atoms with Crippen LogP contribution in [0.15, 0.2) is 36.4 Å². The van der Waals surface area contributed by atoms with Crippen molar-refractivity contribution in [3.8, 4) is 5.75 Å². The van der Waals surface area contributed by atoms with Crippen molar-refractivity contribution >= 4 is 40.3 Å². The summed E-state index contributed by atoms with van der Waals surface area (Å²) < 4.78 is 5.19. The van der Waals surface area contributed by atoms with E-state index in [9.17, 15) is 0 Å². The van der Waals surface area contributed by atoms with Crippen LogP contribution in [0, 0.1) is 13.8 Å². The van der Waals surface area contributed by atoms with E-state index in [1.165, 1.54) is 0 Å². The van der Waals surface area contributed by atoms with Crippen LogP contribution in [0.1, 0.15) is 11.1 Å². The monoisotopic (exact) mass is 320 g/mol. The normalized spacial score (nSPS) is 10.1. The first-order chi connectivity index (χ1) is 9.99. The van der Waals surface area contributed by atoms with Crippen LogP contribution in [0.2, 0.25) is 5.02 Å². The molecule has 0 aliphatic carbocycles. The van der Waals surface area contributed by atoms with Gasteiger partial charge in [0.05, 0.1) is 7.11 Å². The predicted molar refractivity (Wildman–Crippen MR) is 93.8 cm³/mol. The summed E-state index contributed by atoms with van der Waals surface area (Å²) >= 11 is 11.3. The lowest BCUT2D eigenvalue weighted by Crippen LogP contribution is -2.20. The van der Waals surface area contributed by atoms with Gasteiger partial charge in [0.2, 0.25) is 0 Å². The third kappa shape index (κ3) is 4.09. The third-order valence-electron chi connectivity index (χ3n) is 3.13. The van der Waals surface area contributed by atoms with E-state index in [0.29, 0.717) is 10.1 Å². The molecule has 0 amide bonds. The average molecular weight is 321 g/mol. The topological polar surface area (TPSA) is 33.3 Å². The fourth-order valence-electron chi connectivity index (χ4n) is 1.91. The molecular weight excluding hydrogens is 304 g/mol. The lowest BCUT2D eigenvalue weighted by molar-refractivity contribution is 0.414. The van der Waals surface area contributed by atoms with Crippen molar-refractivity contribution in [2.24, 2.45) is 0 Å². The van der Waals surface area contributed by atoms with E-state index in [4.69, 9.17) is 28.6 Å². The minimum absolute atomic E-state index is 0.522. The van der Waals surface area contributed by atoms with Gasteiger partial charge in [-0.25, -0.2) is 0 Å². The van der Waals surface area contributed by atoms with Gasteiger partial charge in [-0.3, -0.25) is 0 Å². The molecule has 21 heavy (non-hydrogen) atoms. The average Bonchev–Trinajstić information content (AvgIpc) is 2.45. The first-order valence-corrected chi connectivity index (χ1v) is 7.27. The van der Waals surface area contributed by atoms with Gasteiger partial charge in [0.25, 0.3) is 0 Å². The summed E-state index contributed by atoms with van der Waals surface area (Å²) in [5.74, 6) is 0.822. The van der Waals surface area contributed by atoms with E-state index in [1.807, 2.05) is 50.2 Å². The number of hydrogen-bond donors (Lipinski definition) is 2. The van der Waals surface area contributed by atoms with Crippen LogP contribution in [0.3, 0.4) is 0 Å². The summed E-state index contributed by atoms with van der Waals surface area (Å²) in [5.41, 5.74) is 3.97. The van der Waals surface area contributed by atoms with Crippen LogP contribution in [-0.2, 0) is 0 Å². The molecule has 5 heteroatoms.